The van der Waals surface area contributed by atoms with Crippen LogP contribution in [0.15, 0.2) is 97.1 Å². The molecule has 0 saturated carbocycles. The Kier molecular flexibility index (Phi) is 16.9. The fourth-order valence-electron chi connectivity index (χ4n) is 4.92. The monoisotopic (exact) mass is 685 g/mol. The molecule has 0 radical (unpaired) electrons. The Morgan fingerprint density at radius 1 is 0.610 bits per heavy atom. The standard InChI is InChI=1S/C37H51IO2P/c1-3-5-31-39-37(40-32-6-4-2)26-20-12-10-8-7-9-11-15-21-33-27-29-36(30-28-33)41(38,34-22-16-13-17-23-34)35-24-18-14-19-25-35/h7,9,13-14,16-19,22-25,27-30,37H,3-6,8,10-12,15,20-21,26,31-32H2,1-2H3/q+1/b9-7-. The van der Waals surface area contributed by atoms with Gasteiger partial charge in [0.15, 0.2) is 33.2 Å². The Labute approximate surface area is 264 Å². The molecule has 0 saturated heterocycles. The van der Waals surface area contributed by atoms with E-state index in [4.69, 9.17) is 9.47 Å². The predicted molar refractivity (Wildman–Crippen MR) is 190 cm³/mol. The number of unbranched alkanes of at least 4 members (excludes halogenated alkanes) is 6. The second-order valence-corrected chi connectivity index (χ2v) is 17.9. The zero-order valence-electron chi connectivity index (χ0n) is 25.4. The van der Waals surface area contributed by atoms with E-state index in [1.165, 1.54) is 66.4 Å². The second kappa shape index (κ2) is 20.4. The van der Waals surface area contributed by atoms with Crippen LogP contribution in [0.25, 0.3) is 0 Å². The fraction of sp³-hybridized carbons (Fsp3) is 0.459. The number of benzene rings is 3. The summed E-state index contributed by atoms with van der Waals surface area (Å²) in [6, 6.07) is 31.5. The summed E-state index contributed by atoms with van der Waals surface area (Å²) < 4.78 is 11.9. The molecule has 3 rings (SSSR count). The molecule has 0 bridgehead atoms. The maximum atomic E-state index is 5.97. The molecule has 2 nitrogen and oxygen atoms in total. The third-order valence-corrected chi connectivity index (χ3v) is 15.5. The van der Waals surface area contributed by atoms with Gasteiger partial charge in [-0.1, -0.05) is 93.8 Å². The van der Waals surface area contributed by atoms with Crippen LogP contribution < -0.4 is 15.9 Å². The van der Waals surface area contributed by atoms with Gasteiger partial charge >= 0.3 is 0 Å². The fourth-order valence-corrected chi connectivity index (χ4v) is 10.4. The van der Waals surface area contributed by atoms with E-state index >= 15 is 0 Å². The van der Waals surface area contributed by atoms with Crippen molar-refractivity contribution in [3.05, 3.63) is 103 Å². The normalized spacial score (nSPS) is 12.0. The number of aryl methyl sites for hydroxylation is 1. The summed E-state index contributed by atoms with van der Waals surface area (Å²) in [7, 11) is 0. The lowest BCUT2D eigenvalue weighted by atomic mass is 10.1. The van der Waals surface area contributed by atoms with Gasteiger partial charge in [0.05, 0.1) is 0 Å². The maximum Gasteiger partial charge on any atom is 0.173 e. The first-order chi connectivity index (χ1) is 20.2. The maximum absolute atomic E-state index is 5.97. The number of allylic oxidation sites excluding steroid dienone is 2. The van der Waals surface area contributed by atoms with Crippen LogP contribution in [0, 0.1) is 0 Å². The molecule has 0 aliphatic carbocycles. The van der Waals surface area contributed by atoms with Crippen molar-refractivity contribution in [3.8, 4) is 0 Å². The Balaban J connectivity index is 1.37. The summed E-state index contributed by atoms with van der Waals surface area (Å²) in [6.07, 6.45) is 18.7. The van der Waals surface area contributed by atoms with Gasteiger partial charge in [0.25, 0.3) is 0 Å². The topological polar surface area (TPSA) is 18.5 Å². The Morgan fingerprint density at radius 2 is 1.12 bits per heavy atom. The highest BCUT2D eigenvalue weighted by Crippen LogP contribution is 2.63. The van der Waals surface area contributed by atoms with E-state index < -0.39 is 4.90 Å². The zero-order chi connectivity index (χ0) is 29.0. The van der Waals surface area contributed by atoms with Crippen molar-refractivity contribution in [1.29, 1.82) is 0 Å². The number of hydrogen-bond donors (Lipinski definition) is 0. The molecule has 0 heterocycles. The quantitative estimate of drug-likeness (QED) is 0.0366. The molecule has 0 aliphatic rings. The van der Waals surface area contributed by atoms with E-state index in [2.05, 4.69) is 133 Å². The van der Waals surface area contributed by atoms with Gasteiger partial charge in [-0.05, 0) is 99.7 Å². The van der Waals surface area contributed by atoms with Crippen LogP contribution in [0.2, 0.25) is 0 Å². The number of halogens is 1. The highest BCUT2D eigenvalue weighted by molar-refractivity contribution is 14.2. The molecule has 0 aromatic heterocycles. The van der Waals surface area contributed by atoms with Gasteiger partial charge in [0, 0.05) is 13.2 Å². The van der Waals surface area contributed by atoms with Crippen LogP contribution in [0.3, 0.4) is 0 Å². The molecule has 0 N–H and O–H groups in total. The minimum Gasteiger partial charge on any atom is -0.353 e. The van der Waals surface area contributed by atoms with Crippen LogP contribution in [-0.2, 0) is 15.9 Å². The molecule has 0 unspecified atom stereocenters. The number of hydrogen-bond acceptors (Lipinski definition) is 2. The third-order valence-electron chi connectivity index (χ3n) is 7.43. The summed E-state index contributed by atoms with van der Waals surface area (Å²) in [4.78, 5) is -1.67. The van der Waals surface area contributed by atoms with Crippen LogP contribution in [-0.4, -0.2) is 19.5 Å². The van der Waals surface area contributed by atoms with Gasteiger partial charge in [-0.15, -0.1) is 0 Å². The van der Waals surface area contributed by atoms with Crippen LogP contribution in [0.1, 0.15) is 90.0 Å². The van der Waals surface area contributed by atoms with Crippen molar-refractivity contribution >= 4 is 42.9 Å². The van der Waals surface area contributed by atoms with E-state index in [-0.39, 0.29) is 6.29 Å². The first kappa shape index (κ1) is 34.0. The van der Waals surface area contributed by atoms with E-state index in [1.807, 2.05) is 0 Å². The molecule has 3 aromatic carbocycles. The van der Waals surface area contributed by atoms with Gasteiger partial charge in [-0.3, -0.25) is 0 Å². The largest absolute Gasteiger partial charge is 0.353 e. The molecule has 0 atom stereocenters. The van der Waals surface area contributed by atoms with Crippen molar-refractivity contribution in [2.45, 2.75) is 97.2 Å². The number of ether oxygens (including phenoxy) is 2. The lowest BCUT2D eigenvalue weighted by molar-refractivity contribution is -0.147. The van der Waals surface area contributed by atoms with Gasteiger partial charge in [0.2, 0.25) is 0 Å². The summed E-state index contributed by atoms with van der Waals surface area (Å²) in [5.74, 6) is 0. The minimum absolute atomic E-state index is 0.00967. The van der Waals surface area contributed by atoms with Crippen molar-refractivity contribution in [1.82, 2.24) is 0 Å². The van der Waals surface area contributed by atoms with Crippen molar-refractivity contribution in [3.63, 3.8) is 0 Å². The molecule has 0 amide bonds. The van der Waals surface area contributed by atoms with Gasteiger partial charge < -0.3 is 9.47 Å². The average molecular weight is 686 g/mol. The van der Waals surface area contributed by atoms with E-state index in [9.17, 15) is 0 Å². The van der Waals surface area contributed by atoms with Crippen molar-refractivity contribution in [2.24, 2.45) is 0 Å². The van der Waals surface area contributed by atoms with Crippen LogP contribution in [0.4, 0.5) is 0 Å². The van der Waals surface area contributed by atoms with E-state index in [1.54, 1.807) is 0 Å². The third kappa shape index (κ3) is 11.9. The SMILES string of the molecule is CCCCOC(CCCCC/C=C\CCCc1ccc([P+](I)(c2ccccc2)c2ccccc2)cc1)OCCCC. The van der Waals surface area contributed by atoms with E-state index in [0.29, 0.717) is 0 Å². The molecule has 0 aliphatic heterocycles. The zero-order valence-corrected chi connectivity index (χ0v) is 28.4. The summed E-state index contributed by atoms with van der Waals surface area (Å²) in [5, 5.41) is 4.28. The van der Waals surface area contributed by atoms with Crippen molar-refractivity contribution < 1.29 is 9.47 Å². The molecular weight excluding hydrogens is 634 g/mol. The summed E-state index contributed by atoms with van der Waals surface area (Å²) >= 11 is 2.75. The van der Waals surface area contributed by atoms with Crippen LogP contribution >= 0.6 is 26.9 Å². The molecule has 4 heteroatoms. The summed E-state index contributed by atoms with van der Waals surface area (Å²) in [6.45, 7) is 6.05. The molecule has 0 spiro atoms. The van der Waals surface area contributed by atoms with Gasteiger partial charge in [0.1, 0.15) is 15.9 Å². The smallest absolute Gasteiger partial charge is 0.173 e. The first-order valence-corrected chi connectivity index (χ1v) is 20.4. The van der Waals surface area contributed by atoms with Gasteiger partial charge in [-0.2, -0.15) is 0 Å². The highest BCUT2D eigenvalue weighted by Gasteiger charge is 2.43. The average Bonchev–Trinajstić information content (AvgIpc) is 3.02. The molecular formula is C37H51IO2P+. The minimum atomic E-state index is -1.67. The molecule has 222 valence electrons. The number of rotatable bonds is 21. The first-order valence-electron chi connectivity index (χ1n) is 15.9. The van der Waals surface area contributed by atoms with Crippen molar-refractivity contribution in [2.75, 3.05) is 13.2 Å². The lowest BCUT2D eigenvalue weighted by Crippen LogP contribution is -2.26. The molecule has 0 fully saturated rings. The molecule has 41 heavy (non-hydrogen) atoms. The predicted octanol–water partition coefficient (Wildman–Crippen LogP) is 10.1. The second-order valence-electron chi connectivity index (χ2n) is 10.8. The van der Waals surface area contributed by atoms with Crippen LogP contribution in [0.5, 0.6) is 0 Å². The highest BCUT2D eigenvalue weighted by atomic mass is 127. The van der Waals surface area contributed by atoms with Gasteiger partial charge in [-0.25, -0.2) is 0 Å². The Hall–Kier alpha value is -1.52. The Bertz CT molecular complexity index is 1040. The Morgan fingerprint density at radius 3 is 1.66 bits per heavy atom. The summed E-state index contributed by atoms with van der Waals surface area (Å²) in [5.41, 5.74) is 1.43. The lowest BCUT2D eigenvalue weighted by Gasteiger charge is -2.20. The molecule has 3 aromatic rings. The van der Waals surface area contributed by atoms with E-state index in [0.717, 1.165) is 45.3 Å².